The monoisotopic (exact) mass is 409 g/mol. The molecule has 0 atom stereocenters. The molecule has 0 heterocycles. The third kappa shape index (κ3) is 6.24. The molecule has 2 aromatic rings. The van der Waals surface area contributed by atoms with Gasteiger partial charge in [-0.25, -0.2) is 10.2 Å². The van der Waals surface area contributed by atoms with Crippen molar-refractivity contribution in [2.24, 2.45) is 5.10 Å². The van der Waals surface area contributed by atoms with Crippen LogP contribution in [0.25, 0.3) is 0 Å². The Morgan fingerprint density at radius 2 is 1.93 bits per heavy atom. The van der Waals surface area contributed by atoms with E-state index in [0.29, 0.717) is 11.3 Å². The number of halogens is 2. The lowest BCUT2D eigenvalue weighted by Gasteiger charge is -2.09. The minimum absolute atomic E-state index is 0.0942. The summed E-state index contributed by atoms with van der Waals surface area (Å²) < 4.78 is 0. The Hall–Kier alpha value is -3.17. The fourth-order valence-electron chi connectivity index (χ4n) is 1.86. The van der Waals surface area contributed by atoms with E-state index in [9.17, 15) is 19.7 Å². The van der Waals surface area contributed by atoms with E-state index in [4.69, 9.17) is 23.2 Å². The molecule has 9 nitrogen and oxygen atoms in total. The molecule has 0 aliphatic carbocycles. The van der Waals surface area contributed by atoms with Gasteiger partial charge in [0.15, 0.2) is 0 Å². The first-order chi connectivity index (χ1) is 12.9. The largest absolute Gasteiger partial charge is 0.329 e. The number of nitro benzene ring substituents is 1. The lowest BCUT2D eigenvalue weighted by Crippen LogP contribution is -2.37. The fourth-order valence-corrected chi connectivity index (χ4v) is 2.21. The zero-order valence-corrected chi connectivity index (χ0v) is 15.1. The van der Waals surface area contributed by atoms with Crippen LogP contribution in [0.5, 0.6) is 0 Å². The standard InChI is InChI=1S/C16H13Cl2N5O4/c17-12-5-2-6-13(15(12)18)21-16(25)19-9-14(24)22-20-8-10-3-1-4-11(7-10)23(26)27/h1-8H,9H2,(H,22,24)(H2,19,21,25). The molecule has 2 aromatic carbocycles. The third-order valence-electron chi connectivity index (χ3n) is 3.09. The van der Waals surface area contributed by atoms with Crippen LogP contribution < -0.4 is 16.1 Å². The van der Waals surface area contributed by atoms with Crippen LogP contribution in [0.1, 0.15) is 5.56 Å². The topological polar surface area (TPSA) is 126 Å². The number of hydrogen-bond acceptors (Lipinski definition) is 5. The van der Waals surface area contributed by atoms with Gasteiger partial charge in [0, 0.05) is 17.7 Å². The van der Waals surface area contributed by atoms with E-state index in [1.807, 2.05) is 0 Å². The van der Waals surface area contributed by atoms with Crippen molar-refractivity contribution in [1.29, 1.82) is 0 Å². The number of nitrogens with one attached hydrogen (secondary N) is 3. The molecule has 0 aliphatic heterocycles. The minimum Gasteiger partial charge on any atom is -0.329 e. The number of hydrazone groups is 1. The van der Waals surface area contributed by atoms with Crippen molar-refractivity contribution in [2.45, 2.75) is 0 Å². The van der Waals surface area contributed by atoms with E-state index in [0.717, 1.165) is 0 Å². The maximum atomic E-state index is 11.8. The maximum absolute atomic E-state index is 11.8. The Morgan fingerprint density at radius 1 is 1.19 bits per heavy atom. The highest BCUT2D eigenvalue weighted by molar-refractivity contribution is 6.43. The fraction of sp³-hybridized carbons (Fsp3) is 0.0625. The molecular weight excluding hydrogens is 397 g/mol. The first-order valence-corrected chi connectivity index (χ1v) is 8.17. The predicted octanol–water partition coefficient (Wildman–Crippen LogP) is 3.17. The highest BCUT2D eigenvalue weighted by atomic mass is 35.5. The van der Waals surface area contributed by atoms with Gasteiger partial charge in [-0.05, 0) is 12.1 Å². The summed E-state index contributed by atoms with van der Waals surface area (Å²) in [6, 6.07) is 9.80. The quantitative estimate of drug-likeness (QED) is 0.384. The molecule has 27 heavy (non-hydrogen) atoms. The second-order valence-corrected chi connectivity index (χ2v) is 5.84. The normalized spacial score (nSPS) is 10.4. The molecule has 3 amide bonds. The van der Waals surface area contributed by atoms with Gasteiger partial charge in [0.05, 0.1) is 26.9 Å². The van der Waals surface area contributed by atoms with Crippen LogP contribution in [0, 0.1) is 10.1 Å². The number of rotatable bonds is 6. The second-order valence-electron chi connectivity index (χ2n) is 5.05. The summed E-state index contributed by atoms with van der Waals surface area (Å²) in [4.78, 5) is 33.6. The molecule has 2 rings (SSSR count). The van der Waals surface area contributed by atoms with E-state index in [-0.39, 0.29) is 22.3 Å². The average molecular weight is 410 g/mol. The number of benzene rings is 2. The molecule has 3 N–H and O–H groups in total. The Morgan fingerprint density at radius 3 is 2.67 bits per heavy atom. The summed E-state index contributed by atoms with van der Waals surface area (Å²) >= 11 is 11.8. The first-order valence-electron chi connectivity index (χ1n) is 7.42. The molecule has 0 aliphatic rings. The van der Waals surface area contributed by atoms with Crippen molar-refractivity contribution in [3.8, 4) is 0 Å². The predicted molar refractivity (Wildman–Crippen MR) is 102 cm³/mol. The number of nitrogens with zero attached hydrogens (tertiary/aromatic N) is 2. The molecule has 0 fully saturated rings. The number of anilines is 1. The van der Waals surface area contributed by atoms with Crippen molar-refractivity contribution >= 4 is 52.7 Å². The number of carbonyl (C=O) groups excluding carboxylic acids is 2. The third-order valence-corrected chi connectivity index (χ3v) is 3.91. The molecule has 0 saturated carbocycles. The van der Waals surface area contributed by atoms with Crippen LogP contribution in [-0.4, -0.2) is 29.6 Å². The van der Waals surface area contributed by atoms with Crippen molar-refractivity contribution in [1.82, 2.24) is 10.7 Å². The van der Waals surface area contributed by atoms with Crippen molar-refractivity contribution in [3.63, 3.8) is 0 Å². The summed E-state index contributed by atoms with van der Waals surface area (Å²) in [7, 11) is 0. The van der Waals surface area contributed by atoms with Gasteiger partial charge in [-0.1, -0.05) is 41.4 Å². The summed E-state index contributed by atoms with van der Waals surface area (Å²) in [5.41, 5.74) is 2.83. The SMILES string of the molecule is O=C(CNC(=O)Nc1cccc(Cl)c1Cl)NN=Cc1cccc([N+](=O)[O-])c1. The summed E-state index contributed by atoms with van der Waals surface area (Å²) in [6.45, 7) is -0.351. The van der Waals surface area contributed by atoms with Gasteiger partial charge in [0.25, 0.3) is 11.6 Å². The Bertz CT molecular complexity index is 904. The van der Waals surface area contributed by atoms with E-state index >= 15 is 0 Å². The highest BCUT2D eigenvalue weighted by Crippen LogP contribution is 2.29. The molecule has 0 saturated heterocycles. The van der Waals surface area contributed by atoms with Gasteiger partial charge in [-0.2, -0.15) is 5.10 Å². The van der Waals surface area contributed by atoms with Crippen LogP contribution in [0.15, 0.2) is 47.6 Å². The molecular formula is C16H13Cl2N5O4. The molecule has 0 spiro atoms. The van der Waals surface area contributed by atoms with Gasteiger partial charge in [-0.15, -0.1) is 0 Å². The minimum atomic E-state index is -0.656. The van der Waals surface area contributed by atoms with Crippen LogP contribution in [-0.2, 0) is 4.79 Å². The van der Waals surface area contributed by atoms with E-state index < -0.39 is 16.9 Å². The summed E-state index contributed by atoms with van der Waals surface area (Å²) in [5.74, 6) is -0.593. The first kappa shape index (κ1) is 20.1. The Labute approximate surface area is 163 Å². The van der Waals surface area contributed by atoms with Gasteiger partial charge < -0.3 is 10.6 Å². The van der Waals surface area contributed by atoms with Crippen molar-refractivity contribution < 1.29 is 14.5 Å². The highest BCUT2D eigenvalue weighted by Gasteiger charge is 2.09. The molecule has 0 radical (unpaired) electrons. The second kappa shape index (κ2) is 9.51. The summed E-state index contributed by atoms with van der Waals surface area (Å²) in [5, 5.41) is 19.6. The van der Waals surface area contributed by atoms with E-state index in [1.165, 1.54) is 24.4 Å². The number of amides is 3. The van der Waals surface area contributed by atoms with Crippen molar-refractivity contribution in [3.05, 3.63) is 68.2 Å². The van der Waals surface area contributed by atoms with Crippen LogP contribution in [0.3, 0.4) is 0 Å². The van der Waals surface area contributed by atoms with E-state index in [1.54, 1.807) is 24.3 Å². The van der Waals surface area contributed by atoms with Crippen LogP contribution in [0.2, 0.25) is 10.0 Å². The maximum Gasteiger partial charge on any atom is 0.319 e. The van der Waals surface area contributed by atoms with Crippen LogP contribution >= 0.6 is 23.2 Å². The lowest BCUT2D eigenvalue weighted by atomic mass is 10.2. The lowest BCUT2D eigenvalue weighted by molar-refractivity contribution is -0.384. The summed E-state index contributed by atoms with van der Waals surface area (Å²) in [6.07, 6.45) is 1.25. The van der Waals surface area contributed by atoms with Gasteiger partial charge in [0.2, 0.25) is 0 Å². The van der Waals surface area contributed by atoms with Gasteiger partial charge >= 0.3 is 6.03 Å². The molecule has 0 unspecified atom stereocenters. The molecule has 11 heteroatoms. The van der Waals surface area contributed by atoms with Crippen LogP contribution in [0.4, 0.5) is 16.2 Å². The smallest absolute Gasteiger partial charge is 0.319 e. The number of carbonyl (C=O) groups is 2. The zero-order chi connectivity index (χ0) is 19.8. The zero-order valence-electron chi connectivity index (χ0n) is 13.6. The average Bonchev–Trinajstić information content (AvgIpc) is 2.64. The Balaban J connectivity index is 1.80. The number of hydrogen-bond donors (Lipinski definition) is 3. The Kier molecular flexibility index (Phi) is 7.09. The number of nitro groups is 1. The van der Waals surface area contributed by atoms with E-state index in [2.05, 4.69) is 21.2 Å². The molecule has 140 valence electrons. The van der Waals surface area contributed by atoms with Gasteiger partial charge in [0.1, 0.15) is 6.54 Å². The number of urea groups is 1. The molecule has 0 bridgehead atoms. The van der Waals surface area contributed by atoms with Gasteiger partial charge in [-0.3, -0.25) is 14.9 Å². The number of non-ortho nitro benzene ring substituents is 1. The molecule has 0 aromatic heterocycles. The van der Waals surface area contributed by atoms with Crippen molar-refractivity contribution in [2.75, 3.05) is 11.9 Å².